The number of fused-ring (bicyclic) bond motifs is 1. The van der Waals surface area contributed by atoms with E-state index >= 15 is 0 Å². The predicted molar refractivity (Wildman–Crippen MR) is 102 cm³/mol. The highest BCUT2D eigenvalue weighted by molar-refractivity contribution is 7.20. The number of halogens is 1. The van der Waals surface area contributed by atoms with Gasteiger partial charge < -0.3 is 14.5 Å². The Hall–Kier alpha value is -1.93. The Balaban J connectivity index is 1.99. The van der Waals surface area contributed by atoms with E-state index in [1.54, 1.807) is 6.92 Å². The molecular formula is C17H21ClN4O3S. The fourth-order valence-electron chi connectivity index (χ4n) is 3.02. The van der Waals surface area contributed by atoms with E-state index in [9.17, 15) is 9.59 Å². The Bertz CT molecular complexity index is 859. The van der Waals surface area contributed by atoms with E-state index in [1.807, 2.05) is 25.7 Å². The summed E-state index contributed by atoms with van der Waals surface area (Å²) in [6.45, 7) is 9.65. The highest BCUT2D eigenvalue weighted by Gasteiger charge is 2.26. The summed E-state index contributed by atoms with van der Waals surface area (Å²) < 4.78 is 5.34. The van der Waals surface area contributed by atoms with Gasteiger partial charge in [0, 0.05) is 33.1 Å². The van der Waals surface area contributed by atoms with Gasteiger partial charge >= 0.3 is 5.97 Å². The molecule has 2 aromatic rings. The maximum absolute atomic E-state index is 12.4. The fourth-order valence-corrected chi connectivity index (χ4v) is 4.29. The Morgan fingerprint density at radius 1 is 1.19 bits per heavy atom. The SMILES string of the molecule is CC(=O)N1CCN(c2nc(Cl)nc3sc(C(=O)OC(C)C)c(C)c23)CC1. The number of aryl methyl sites for hydroxylation is 1. The molecule has 0 saturated carbocycles. The minimum atomic E-state index is -0.357. The number of piperazine rings is 1. The molecule has 7 nitrogen and oxygen atoms in total. The Morgan fingerprint density at radius 2 is 1.85 bits per heavy atom. The second-order valence-electron chi connectivity index (χ2n) is 6.50. The number of thiophene rings is 1. The minimum absolute atomic E-state index is 0.0703. The molecule has 0 radical (unpaired) electrons. The van der Waals surface area contributed by atoms with E-state index < -0.39 is 0 Å². The van der Waals surface area contributed by atoms with Crippen LogP contribution in [-0.4, -0.2) is 59.0 Å². The molecule has 0 aliphatic carbocycles. The zero-order valence-corrected chi connectivity index (χ0v) is 16.8. The highest BCUT2D eigenvalue weighted by atomic mass is 35.5. The number of hydrogen-bond acceptors (Lipinski definition) is 7. The van der Waals surface area contributed by atoms with Gasteiger partial charge in [0.25, 0.3) is 0 Å². The van der Waals surface area contributed by atoms with Gasteiger partial charge in [-0.25, -0.2) is 9.78 Å². The van der Waals surface area contributed by atoms with Crippen LogP contribution >= 0.6 is 22.9 Å². The summed E-state index contributed by atoms with van der Waals surface area (Å²) in [4.78, 5) is 37.7. The molecule has 0 spiro atoms. The fraction of sp³-hybridized carbons (Fsp3) is 0.529. The van der Waals surface area contributed by atoms with E-state index in [1.165, 1.54) is 11.3 Å². The lowest BCUT2D eigenvalue weighted by molar-refractivity contribution is -0.129. The minimum Gasteiger partial charge on any atom is -0.459 e. The number of nitrogens with zero attached hydrogens (tertiary/aromatic N) is 4. The number of aromatic nitrogens is 2. The van der Waals surface area contributed by atoms with Crippen molar-refractivity contribution in [2.24, 2.45) is 0 Å². The van der Waals surface area contributed by atoms with Gasteiger partial charge in [-0.05, 0) is 37.9 Å². The lowest BCUT2D eigenvalue weighted by atomic mass is 10.2. The molecule has 0 N–H and O–H groups in total. The van der Waals surface area contributed by atoms with Gasteiger partial charge in [-0.2, -0.15) is 4.98 Å². The molecule has 1 aliphatic rings. The lowest BCUT2D eigenvalue weighted by Gasteiger charge is -2.35. The van der Waals surface area contributed by atoms with Crippen LogP contribution in [0.2, 0.25) is 5.28 Å². The number of anilines is 1. The van der Waals surface area contributed by atoms with Crippen molar-refractivity contribution in [2.75, 3.05) is 31.1 Å². The first-order chi connectivity index (χ1) is 12.3. The topological polar surface area (TPSA) is 75.6 Å². The number of carbonyl (C=O) groups is 2. The second-order valence-corrected chi connectivity index (χ2v) is 7.84. The average Bonchev–Trinajstić information content (AvgIpc) is 2.90. The van der Waals surface area contributed by atoms with Crippen LogP contribution in [0, 0.1) is 6.92 Å². The van der Waals surface area contributed by atoms with E-state index in [0.717, 1.165) is 10.9 Å². The van der Waals surface area contributed by atoms with Gasteiger partial charge in [0.1, 0.15) is 15.5 Å². The Morgan fingerprint density at radius 3 is 2.42 bits per heavy atom. The number of carbonyl (C=O) groups excluding carboxylic acids is 2. The molecule has 1 aliphatic heterocycles. The summed E-state index contributed by atoms with van der Waals surface area (Å²) in [5.41, 5.74) is 0.802. The summed E-state index contributed by atoms with van der Waals surface area (Å²) >= 11 is 7.40. The number of hydrogen-bond donors (Lipinski definition) is 0. The third kappa shape index (κ3) is 3.61. The van der Waals surface area contributed by atoms with Gasteiger partial charge in [0.05, 0.1) is 11.5 Å². The maximum Gasteiger partial charge on any atom is 0.348 e. The summed E-state index contributed by atoms with van der Waals surface area (Å²) in [5.74, 6) is 0.422. The van der Waals surface area contributed by atoms with Crippen molar-refractivity contribution in [2.45, 2.75) is 33.8 Å². The van der Waals surface area contributed by atoms with Crippen LogP contribution in [-0.2, 0) is 9.53 Å². The monoisotopic (exact) mass is 396 g/mol. The molecule has 2 aromatic heterocycles. The molecule has 140 valence electrons. The molecule has 0 bridgehead atoms. The summed E-state index contributed by atoms with van der Waals surface area (Å²) in [6, 6.07) is 0. The highest BCUT2D eigenvalue weighted by Crippen LogP contribution is 2.37. The van der Waals surface area contributed by atoms with Gasteiger partial charge in [-0.15, -0.1) is 11.3 Å². The van der Waals surface area contributed by atoms with Crippen molar-refractivity contribution in [1.29, 1.82) is 0 Å². The molecule has 1 fully saturated rings. The van der Waals surface area contributed by atoms with Crippen molar-refractivity contribution in [3.8, 4) is 0 Å². The van der Waals surface area contributed by atoms with Crippen molar-refractivity contribution >= 4 is 50.8 Å². The van der Waals surface area contributed by atoms with Gasteiger partial charge in [-0.3, -0.25) is 4.79 Å². The van der Waals surface area contributed by atoms with Gasteiger partial charge in [0.2, 0.25) is 11.2 Å². The van der Waals surface area contributed by atoms with Crippen LogP contribution in [0.15, 0.2) is 0 Å². The third-order valence-corrected chi connectivity index (χ3v) is 5.63. The van der Waals surface area contributed by atoms with Crippen LogP contribution in [0.1, 0.15) is 36.0 Å². The van der Waals surface area contributed by atoms with Crippen molar-refractivity contribution in [1.82, 2.24) is 14.9 Å². The van der Waals surface area contributed by atoms with Crippen LogP contribution in [0.5, 0.6) is 0 Å². The quantitative estimate of drug-likeness (QED) is 0.586. The molecule has 26 heavy (non-hydrogen) atoms. The van der Waals surface area contributed by atoms with Gasteiger partial charge in [-0.1, -0.05) is 0 Å². The third-order valence-electron chi connectivity index (χ3n) is 4.30. The van der Waals surface area contributed by atoms with Crippen molar-refractivity contribution in [3.05, 3.63) is 15.7 Å². The van der Waals surface area contributed by atoms with Crippen molar-refractivity contribution in [3.63, 3.8) is 0 Å². The molecule has 3 heterocycles. The second kappa shape index (κ2) is 7.36. The zero-order valence-electron chi connectivity index (χ0n) is 15.2. The molecular weight excluding hydrogens is 376 g/mol. The van der Waals surface area contributed by atoms with Crippen LogP contribution in [0.4, 0.5) is 5.82 Å². The van der Waals surface area contributed by atoms with Gasteiger partial charge in [0.15, 0.2) is 0 Å². The van der Waals surface area contributed by atoms with E-state index in [0.29, 0.717) is 41.7 Å². The summed E-state index contributed by atoms with van der Waals surface area (Å²) in [7, 11) is 0. The lowest BCUT2D eigenvalue weighted by Crippen LogP contribution is -2.48. The van der Waals surface area contributed by atoms with E-state index in [2.05, 4.69) is 14.9 Å². The number of amides is 1. The summed E-state index contributed by atoms with van der Waals surface area (Å²) in [6.07, 6.45) is -0.194. The molecule has 1 amide bonds. The van der Waals surface area contributed by atoms with Crippen LogP contribution in [0.25, 0.3) is 10.2 Å². The number of esters is 1. The Labute approximate surface area is 160 Å². The van der Waals surface area contributed by atoms with Crippen LogP contribution in [0.3, 0.4) is 0 Å². The smallest absolute Gasteiger partial charge is 0.348 e. The van der Waals surface area contributed by atoms with Crippen LogP contribution < -0.4 is 4.90 Å². The first-order valence-corrected chi connectivity index (χ1v) is 9.65. The first kappa shape index (κ1) is 18.8. The first-order valence-electron chi connectivity index (χ1n) is 8.46. The predicted octanol–water partition coefficient (Wildman–Crippen LogP) is 2.89. The largest absolute Gasteiger partial charge is 0.459 e. The molecule has 9 heteroatoms. The van der Waals surface area contributed by atoms with E-state index in [-0.39, 0.29) is 23.3 Å². The Kier molecular flexibility index (Phi) is 5.34. The summed E-state index contributed by atoms with van der Waals surface area (Å²) in [5, 5.41) is 0.970. The van der Waals surface area contributed by atoms with E-state index in [4.69, 9.17) is 16.3 Å². The number of ether oxygens (including phenoxy) is 1. The maximum atomic E-state index is 12.4. The molecule has 1 saturated heterocycles. The standard InChI is InChI=1S/C17H21ClN4O3S/c1-9(2)25-16(24)13-10(3)12-14(19-17(18)20-15(12)26-13)22-7-5-21(6-8-22)11(4)23/h9H,5-8H2,1-4H3. The average molecular weight is 397 g/mol. The zero-order chi connectivity index (χ0) is 19.0. The molecule has 0 atom stereocenters. The number of rotatable bonds is 3. The molecule has 0 aromatic carbocycles. The molecule has 0 unspecified atom stereocenters. The van der Waals surface area contributed by atoms with Crippen molar-refractivity contribution < 1.29 is 14.3 Å². The normalized spacial score (nSPS) is 15.0. The molecule has 3 rings (SSSR count).